The quantitative estimate of drug-likeness (QED) is 0.407. The van der Waals surface area contributed by atoms with Gasteiger partial charge in [0.2, 0.25) is 0 Å². The second-order valence-electron chi connectivity index (χ2n) is 5.76. The fourth-order valence-corrected chi connectivity index (χ4v) is 2.47. The van der Waals surface area contributed by atoms with E-state index in [1.165, 1.54) is 18.2 Å². The minimum Gasteiger partial charge on any atom is -0.507 e. The number of rotatable bonds is 9. The van der Waals surface area contributed by atoms with Gasteiger partial charge >= 0.3 is 5.97 Å². The third-order valence-electron chi connectivity index (χ3n) is 3.86. The van der Waals surface area contributed by atoms with E-state index in [1.54, 1.807) is 30.3 Å². The normalized spacial score (nSPS) is 10.4. The summed E-state index contributed by atoms with van der Waals surface area (Å²) in [6, 6.07) is 12.8. The smallest absolute Gasteiger partial charge is 0.341 e. The van der Waals surface area contributed by atoms with Crippen molar-refractivity contribution in [1.82, 2.24) is 0 Å². The maximum absolute atomic E-state index is 12.0. The zero-order chi connectivity index (χ0) is 18.1. The van der Waals surface area contributed by atoms with Gasteiger partial charge in [0.25, 0.3) is 0 Å². The molecule has 2 N–H and O–H groups in total. The van der Waals surface area contributed by atoms with Gasteiger partial charge in [-0.25, -0.2) is 4.79 Å². The fraction of sp³-hybridized carbons (Fsp3) is 0.300. The Morgan fingerprint density at radius 2 is 1.32 bits per heavy atom. The Bertz CT molecular complexity index is 662. The summed E-state index contributed by atoms with van der Waals surface area (Å²) < 4.78 is 5.12. The van der Waals surface area contributed by atoms with Gasteiger partial charge < -0.3 is 14.9 Å². The summed E-state index contributed by atoms with van der Waals surface area (Å²) in [6.07, 6.45) is 3.48. The van der Waals surface area contributed by atoms with Crippen LogP contribution in [0.5, 0.6) is 11.5 Å². The lowest BCUT2D eigenvalue weighted by Crippen LogP contribution is -2.06. The van der Waals surface area contributed by atoms with Crippen LogP contribution in [0.4, 0.5) is 0 Å². The number of phenols is 2. The van der Waals surface area contributed by atoms with Gasteiger partial charge in [0, 0.05) is 6.42 Å². The molecule has 5 heteroatoms. The minimum absolute atomic E-state index is 0.0172. The predicted octanol–water partition coefficient (Wildman–Crippen LogP) is 4.09. The predicted molar refractivity (Wildman–Crippen MR) is 93.9 cm³/mol. The highest BCUT2D eigenvalue weighted by Crippen LogP contribution is 2.19. The largest absolute Gasteiger partial charge is 0.507 e. The van der Waals surface area contributed by atoms with Gasteiger partial charge in [-0.1, -0.05) is 37.1 Å². The van der Waals surface area contributed by atoms with Gasteiger partial charge in [0.05, 0.1) is 12.2 Å². The van der Waals surface area contributed by atoms with Crippen LogP contribution in [0.25, 0.3) is 0 Å². The van der Waals surface area contributed by atoms with Gasteiger partial charge in [0.1, 0.15) is 17.1 Å². The molecule has 0 saturated carbocycles. The molecule has 0 atom stereocenters. The van der Waals surface area contributed by atoms with E-state index < -0.39 is 5.97 Å². The molecule has 0 fully saturated rings. The van der Waals surface area contributed by atoms with Crippen LogP contribution in [0.2, 0.25) is 0 Å². The molecular formula is C20H22O5. The van der Waals surface area contributed by atoms with E-state index in [1.807, 2.05) is 0 Å². The van der Waals surface area contributed by atoms with Crippen LogP contribution >= 0.6 is 0 Å². The van der Waals surface area contributed by atoms with E-state index in [2.05, 4.69) is 0 Å². The first-order chi connectivity index (χ1) is 12.1. The Morgan fingerprint density at radius 3 is 1.96 bits per heavy atom. The molecule has 2 aromatic rings. The Morgan fingerprint density at radius 1 is 0.760 bits per heavy atom. The van der Waals surface area contributed by atoms with Crippen molar-refractivity contribution in [2.24, 2.45) is 0 Å². The number of hydrogen-bond donors (Lipinski definition) is 2. The average molecular weight is 342 g/mol. The van der Waals surface area contributed by atoms with Crippen LogP contribution < -0.4 is 0 Å². The summed E-state index contributed by atoms with van der Waals surface area (Å²) in [5.74, 6) is -0.671. The number of unbranched alkanes of at least 4 members (excludes halogenated alkanes) is 3. The monoisotopic (exact) mass is 342 g/mol. The van der Waals surface area contributed by atoms with Crippen molar-refractivity contribution >= 4 is 11.8 Å². The molecule has 132 valence electrons. The van der Waals surface area contributed by atoms with Crippen molar-refractivity contribution in [3.05, 3.63) is 59.7 Å². The van der Waals surface area contributed by atoms with Crippen molar-refractivity contribution in [2.75, 3.05) is 6.61 Å². The highest BCUT2D eigenvalue weighted by Gasteiger charge is 2.11. The van der Waals surface area contributed by atoms with Crippen molar-refractivity contribution in [3.63, 3.8) is 0 Å². The van der Waals surface area contributed by atoms with E-state index in [9.17, 15) is 19.8 Å². The third kappa shape index (κ3) is 5.64. The maximum atomic E-state index is 12.0. The zero-order valence-corrected chi connectivity index (χ0v) is 14.0. The van der Waals surface area contributed by atoms with Gasteiger partial charge in [-0.15, -0.1) is 0 Å². The molecule has 2 rings (SSSR count). The number of ether oxygens (including phenoxy) is 1. The van der Waals surface area contributed by atoms with Crippen molar-refractivity contribution in [3.8, 4) is 11.5 Å². The number of esters is 1. The Labute approximate surface area is 146 Å². The van der Waals surface area contributed by atoms with Gasteiger partial charge in [-0.05, 0) is 37.1 Å². The SMILES string of the molecule is O=C(CCCCCCOC(=O)c1ccccc1O)c1ccccc1O. The molecule has 0 radical (unpaired) electrons. The highest BCUT2D eigenvalue weighted by atomic mass is 16.5. The lowest BCUT2D eigenvalue weighted by molar-refractivity contribution is 0.0494. The van der Waals surface area contributed by atoms with Gasteiger partial charge in [-0.2, -0.15) is 0 Å². The summed E-state index contributed by atoms with van der Waals surface area (Å²) in [5.41, 5.74) is 0.523. The molecule has 0 aromatic heterocycles. The molecular weight excluding hydrogens is 320 g/mol. The number of carbonyl (C=O) groups is 2. The first-order valence-electron chi connectivity index (χ1n) is 8.36. The van der Waals surface area contributed by atoms with Crippen molar-refractivity contribution in [2.45, 2.75) is 32.1 Å². The van der Waals surface area contributed by atoms with Crippen molar-refractivity contribution in [1.29, 1.82) is 0 Å². The molecule has 0 aliphatic carbocycles. The first-order valence-corrected chi connectivity index (χ1v) is 8.36. The van der Waals surface area contributed by atoms with E-state index in [0.717, 1.165) is 19.3 Å². The molecule has 0 aliphatic rings. The number of para-hydroxylation sites is 2. The lowest BCUT2D eigenvalue weighted by atomic mass is 10.0. The van der Waals surface area contributed by atoms with E-state index in [0.29, 0.717) is 18.4 Å². The third-order valence-corrected chi connectivity index (χ3v) is 3.86. The summed E-state index contributed by atoms with van der Waals surface area (Å²) in [6.45, 7) is 0.278. The Kier molecular flexibility index (Phi) is 7.01. The molecule has 0 bridgehead atoms. The highest BCUT2D eigenvalue weighted by molar-refractivity contribution is 5.98. The molecule has 0 heterocycles. The first kappa shape index (κ1) is 18.5. The molecule has 0 spiro atoms. The molecule has 0 unspecified atom stereocenters. The van der Waals surface area contributed by atoms with Crippen LogP contribution in [0.1, 0.15) is 52.8 Å². The lowest BCUT2D eigenvalue weighted by Gasteiger charge is -2.06. The maximum Gasteiger partial charge on any atom is 0.341 e. The Balaban J connectivity index is 1.60. The summed E-state index contributed by atoms with van der Waals surface area (Å²) in [5, 5.41) is 19.2. The molecule has 25 heavy (non-hydrogen) atoms. The van der Waals surface area contributed by atoms with Gasteiger partial charge in [-0.3, -0.25) is 4.79 Å². The minimum atomic E-state index is -0.534. The van der Waals surface area contributed by atoms with Crippen LogP contribution in [-0.4, -0.2) is 28.6 Å². The average Bonchev–Trinajstić information content (AvgIpc) is 2.61. The van der Waals surface area contributed by atoms with Crippen molar-refractivity contribution < 1.29 is 24.5 Å². The second kappa shape index (κ2) is 9.47. The molecule has 0 aliphatic heterocycles. The number of benzene rings is 2. The number of hydrogen-bond acceptors (Lipinski definition) is 5. The summed E-state index contributed by atoms with van der Waals surface area (Å²) in [4.78, 5) is 23.8. The Hall–Kier alpha value is -2.82. The van der Waals surface area contributed by atoms with E-state index in [4.69, 9.17) is 4.74 Å². The van der Waals surface area contributed by atoms with Crippen LogP contribution in [0, 0.1) is 0 Å². The molecule has 5 nitrogen and oxygen atoms in total. The number of phenolic OH excluding ortho intramolecular Hbond substituents is 2. The summed E-state index contributed by atoms with van der Waals surface area (Å²) in [7, 11) is 0. The fourth-order valence-electron chi connectivity index (χ4n) is 2.47. The number of carbonyl (C=O) groups excluding carboxylic acids is 2. The number of Topliss-reactive ketones (excluding diaryl/α,β-unsaturated/α-hetero) is 1. The zero-order valence-electron chi connectivity index (χ0n) is 14.0. The van der Waals surface area contributed by atoms with E-state index in [-0.39, 0.29) is 29.5 Å². The second-order valence-corrected chi connectivity index (χ2v) is 5.76. The molecule has 0 amide bonds. The molecule has 2 aromatic carbocycles. The number of aromatic hydroxyl groups is 2. The standard InChI is InChI=1S/C20H22O5/c21-17(15-9-4-6-12-18(15)22)11-3-1-2-8-14-25-20(24)16-10-5-7-13-19(16)23/h4-7,9-10,12-13,22-23H,1-3,8,11,14H2. The van der Waals surface area contributed by atoms with E-state index >= 15 is 0 Å². The van der Waals surface area contributed by atoms with Crippen LogP contribution in [0.3, 0.4) is 0 Å². The number of ketones is 1. The van der Waals surface area contributed by atoms with Crippen LogP contribution in [-0.2, 0) is 4.74 Å². The molecule has 0 saturated heterocycles. The van der Waals surface area contributed by atoms with Crippen LogP contribution in [0.15, 0.2) is 48.5 Å². The van der Waals surface area contributed by atoms with Gasteiger partial charge in [0.15, 0.2) is 5.78 Å². The topological polar surface area (TPSA) is 83.8 Å². The summed E-state index contributed by atoms with van der Waals surface area (Å²) >= 11 is 0.